The molecule has 0 fully saturated rings. The van der Waals surface area contributed by atoms with E-state index in [2.05, 4.69) is 15.8 Å². The van der Waals surface area contributed by atoms with E-state index < -0.39 is 17.6 Å². The monoisotopic (exact) mass is 341 g/mol. The fraction of sp³-hybridized carbons (Fsp3) is 0.200. The quantitative estimate of drug-likeness (QED) is 0.818. The molecule has 0 aliphatic heterocycles. The van der Waals surface area contributed by atoms with E-state index in [9.17, 15) is 18.0 Å². The van der Waals surface area contributed by atoms with E-state index in [1.54, 1.807) is 18.2 Å². The van der Waals surface area contributed by atoms with Gasteiger partial charge < -0.3 is 9.47 Å². The summed E-state index contributed by atoms with van der Waals surface area (Å²) in [5.74, 6) is 0.0271. The number of rotatable bonds is 5. The summed E-state index contributed by atoms with van der Waals surface area (Å²) < 4.78 is 47.6. The van der Waals surface area contributed by atoms with Gasteiger partial charge in [-0.15, -0.1) is 0 Å². The molecule has 2 aromatic rings. The molecule has 0 atom stereocenters. The van der Waals surface area contributed by atoms with Crippen LogP contribution in [-0.2, 0) is 6.18 Å². The number of anilines is 1. The number of alkyl halides is 3. The van der Waals surface area contributed by atoms with Crippen molar-refractivity contribution in [1.82, 2.24) is 10.4 Å². The fourth-order valence-electron chi connectivity index (χ4n) is 1.89. The van der Waals surface area contributed by atoms with Gasteiger partial charge in [0.15, 0.2) is 0 Å². The number of nitrogens with zero attached hydrogens (tertiary/aromatic N) is 1. The number of benzene rings is 1. The SMILES string of the molecule is COc1cccc(OC)c1C(=O)NNc1ccc(C(F)(F)F)cn1. The molecule has 0 spiro atoms. The van der Waals surface area contributed by atoms with E-state index in [4.69, 9.17) is 9.47 Å². The number of hydrazine groups is 1. The lowest BCUT2D eigenvalue weighted by molar-refractivity contribution is -0.137. The number of methoxy groups -OCH3 is 2. The van der Waals surface area contributed by atoms with Gasteiger partial charge in [-0.05, 0) is 24.3 Å². The Kier molecular flexibility index (Phi) is 5.12. The van der Waals surface area contributed by atoms with Gasteiger partial charge in [0.1, 0.15) is 22.9 Å². The van der Waals surface area contributed by atoms with Crippen LogP contribution < -0.4 is 20.3 Å². The molecule has 0 aliphatic rings. The molecule has 1 amide bonds. The van der Waals surface area contributed by atoms with Crippen LogP contribution in [-0.4, -0.2) is 25.1 Å². The summed E-state index contributed by atoms with van der Waals surface area (Å²) in [6.07, 6.45) is -3.81. The number of ether oxygens (including phenoxy) is 2. The average Bonchev–Trinajstić information content (AvgIpc) is 2.58. The maximum Gasteiger partial charge on any atom is 0.417 e. The molecule has 6 nitrogen and oxygen atoms in total. The van der Waals surface area contributed by atoms with Crippen molar-refractivity contribution in [3.63, 3.8) is 0 Å². The van der Waals surface area contributed by atoms with Crippen molar-refractivity contribution in [2.45, 2.75) is 6.18 Å². The predicted molar refractivity (Wildman–Crippen MR) is 79.9 cm³/mol. The molecular formula is C15H14F3N3O3. The van der Waals surface area contributed by atoms with Gasteiger partial charge in [-0.3, -0.25) is 15.6 Å². The van der Waals surface area contributed by atoms with Crippen LogP contribution in [0.1, 0.15) is 15.9 Å². The number of hydrogen-bond acceptors (Lipinski definition) is 5. The zero-order valence-electron chi connectivity index (χ0n) is 12.8. The van der Waals surface area contributed by atoms with Gasteiger partial charge in [0, 0.05) is 6.20 Å². The Hall–Kier alpha value is -2.97. The second-order valence-electron chi connectivity index (χ2n) is 4.55. The first kappa shape index (κ1) is 17.4. The Morgan fingerprint density at radius 2 is 1.71 bits per heavy atom. The lowest BCUT2D eigenvalue weighted by Gasteiger charge is -2.14. The van der Waals surface area contributed by atoms with E-state index >= 15 is 0 Å². The maximum atomic E-state index is 12.5. The summed E-state index contributed by atoms with van der Waals surface area (Å²) in [5.41, 5.74) is 4.02. The Morgan fingerprint density at radius 1 is 1.08 bits per heavy atom. The van der Waals surface area contributed by atoms with Crippen molar-refractivity contribution in [2.24, 2.45) is 0 Å². The number of halogens is 3. The minimum atomic E-state index is -4.47. The van der Waals surface area contributed by atoms with Crippen molar-refractivity contribution in [3.8, 4) is 11.5 Å². The molecule has 0 bridgehead atoms. The third-order valence-corrected chi connectivity index (χ3v) is 3.05. The van der Waals surface area contributed by atoms with Crippen LogP contribution in [0.15, 0.2) is 36.5 Å². The number of amides is 1. The molecule has 1 aromatic heterocycles. The molecular weight excluding hydrogens is 327 g/mol. The first-order chi connectivity index (χ1) is 11.4. The lowest BCUT2D eigenvalue weighted by Crippen LogP contribution is -2.30. The molecule has 2 N–H and O–H groups in total. The minimum absolute atomic E-state index is 0.0465. The van der Waals surface area contributed by atoms with Crippen LogP contribution in [0.3, 0.4) is 0 Å². The fourth-order valence-corrected chi connectivity index (χ4v) is 1.89. The summed E-state index contributed by atoms with van der Waals surface area (Å²) in [6, 6.07) is 6.76. The predicted octanol–water partition coefficient (Wildman–Crippen LogP) is 2.87. The highest BCUT2D eigenvalue weighted by Gasteiger charge is 2.30. The van der Waals surface area contributed by atoms with E-state index in [-0.39, 0.29) is 22.9 Å². The van der Waals surface area contributed by atoms with Crippen molar-refractivity contribution in [3.05, 3.63) is 47.7 Å². The smallest absolute Gasteiger partial charge is 0.417 e. The molecule has 2 rings (SSSR count). The first-order valence-corrected chi connectivity index (χ1v) is 6.67. The summed E-state index contributed by atoms with van der Waals surface area (Å²) in [7, 11) is 2.80. The largest absolute Gasteiger partial charge is 0.496 e. The third kappa shape index (κ3) is 3.86. The molecule has 0 saturated carbocycles. The van der Waals surface area contributed by atoms with Crippen LogP contribution >= 0.6 is 0 Å². The molecule has 0 saturated heterocycles. The molecule has 0 unspecified atom stereocenters. The Balaban J connectivity index is 2.11. The molecule has 1 heterocycles. The molecule has 1 aromatic carbocycles. The van der Waals surface area contributed by atoms with Crippen molar-refractivity contribution >= 4 is 11.7 Å². The Labute approximate surface area is 135 Å². The number of aromatic nitrogens is 1. The number of carbonyl (C=O) groups excluding carboxylic acids is 1. The number of hydrogen-bond donors (Lipinski definition) is 2. The van der Waals surface area contributed by atoms with Crippen LogP contribution in [0.2, 0.25) is 0 Å². The highest BCUT2D eigenvalue weighted by atomic mass is 19.4. The Bertz CT molecular complexity index is 696. The zero-order valence-corrected chi connectivity index (χ0v) is 12.8. The van der Waals surface area contributed by atoms with Gasteiger partial charge in [-0.25, -0.2) is 4.98 Å². The normalized spacial score (nSPS) is 10.9. The standard InChI is InChI=1S/C15H14F3N3O3/c1-23-10-4-3-5-11(24-2)13(10)14(22)21-20-12-7-6-9(8-19-12)15(16,17)18/h3-8H,1-2H3,(H,19,20)(H,21,22). The van der Waals surface area contributed by atoms with Crippen LogP contribution in [0.25, 0.3) is 0 Å². The van der Waals surface area contributed by atoms with E-state index in [0.29, 0.717) is 6.20 Å². The summed E-state index contributed by atoms with van der Waals surface area (Å²) >= 11 is 0. The third-order valence-electron chi connectivity index (χ3n) is 3.05. The lowest BCUT2D eigenvalue weighted by atomic mass is 10.1. The van der Waals surface area contributed by atoms with Crippen molar-refractivity contribution in [1.29, 1.82) is 0 Å². The van der Waals surface area contributed by atoms with Gasteiger partial charge in [0.25, 0.3) is 5.91 Å². The highest BCUT2D eigenvalue weighted by molar-refractivity contribution is 6.00. The van der Waals surface area contributed by atoms with Gasteiger partial charge >= 0.3 is 6.18 Å². The van der Waals surface area contributed by atoms with E-state index in [0.717, 1.165) is 12.1 Å². The minimum Gasteiger partial charge on any atom is -0.496 e. The first-order valence-electron chi connectivity index (χ1n) is 6.67. The summed E-state index contributed by atoms with van der Waals surface area (Å²) in [6.45, 7) is 0. The molecule has 24 heavy (non-hydrogen) atoms. The second-order valence-corrected chi connectivity index (χ2v) is 4.55. The zero-order chi connectivity index (χ0) is 17.7. The number of carbonyl (C=O) groups is 1. The van der Waals surface area contributed by atoms with Crippen LogP contribution in [0, 0.1) is 0 Å². The van der Waals surface area contributed by atoms with Crippen molar-refractivity contribution in [2.75, 3.05) is 19.6 Å². The van der Waals surface area contributed by atoms with Gasteiger partial charge in [0.2, 0.25) is 0 Å². The van der Waals surface area contributed by atoms with Gasteiger partial charge in [0.05, 0.1) is 19.8 Å². The summed E-state index contributed by atoms with van der Waals surface area (Å²) in [4.78, 5) is 15.8. The number of pyridine rings is 1. The van der Waals surface area contributed by atoms with Gasteiger partial charge in [-0.2, -0.15) is 13.2 Å². The van der Waals surface area contributed by atoms with Gasteiger partial charge in [-0.1, -0.05) is 6.07 Å². The molecule has 0 aliphatic carbocycles. The van der Waals surface area contributed by atoms with Crippen LogP contribution in [0.4, 0.5) is 19.0 Å². The second kappa shape index (κ2) is 7.07. The van der Waals surface area contributed by atoms with Crippen LogP contribution in [0.5, 0.6) is 11.5 Å². The van der Waals surface area contributed by atoms with Crippen molar-refractivity contribution < 1.29 is 27.4 Å². The van der Waals surface area contributed by atoms with E-state index in [1.807, 2.05) is 0 Å². The summed E-state index contributed by atoms with van der Waals surface area (Å²) in [5, 5.41) is 0. The molecule has 128 valence electrons. The molecule has 9 heteroatoms. The number of nitrogens with one attached hydrogen (secondary N) is 2. The molecule has 0 radical (unpaired) electrons. The topological polar surface area (TPSA) is 72.5 Å². The Morgan fingerprint density at radius 3 is 2.17 bits per heavy atom. The highest BCUT2D eigenvalue weighted by Crippen LogP contribution is 2.29. The average molecular weight is 341 g/mol. The maximum absolute atomic E-state index is 12.5. The van der Waals surface area contributed by atoms with E-state index in [1.165, 1.54) is 14.2 Å².